The van der Waals surface area contributed by atoms with E-state index in [1.807, 2.05) is 6.92 Å². The van der Waals surface area contributed by atoms with Crippen LogP contribution in [0.2, 0.25) is 0 Å². The first-order valence-electron chi connectivity index (χ1n) is 4.87. The molecule has 0 N–H and O–H groups in total. The number of unbranched alkanes of at least 4 members (excludes halogenated alkanes) is 1. The molecular weight excluding hydrogens is 239 g/mol. The predicted octanol–water partition coefficient (Wildman–Crippen LogP) is 3.13. The van der Waals surface area contributed by atoms with E-state index in [2.05, 4.69) is 10.0 Å². The van der Waals surface area contributed by atoms with Crippen LogP contribution in [0.4, 0.5) is 13.2 Å². The number of carbonyl (C=O) groups excluding carboxylic acids is 1. The minimum atomic E-state index is -4.95. The molecule has 0 saturated heterocycles. The van der Waals surface area contributed by atoms with Crippen molar-refractivity contribution in [3.63, 3.8) is 0 Å². The molecule has 0 aromatic rings. The Hall–Kier alpha value is -1.69. The van der Waals surface area contributed by atoms with E-state index >= 15 is 0 Å². The number of allylic oxidation sites excluding steroid dienone is 1. The van der Waals surface area contributed by atoms with Gasteiger partial charge in [0.25, 0.3) is 5.78 Å². The highest BCUT2D eigenvalue weighted by Crippen LogP contribution is 2.17. The second-order valence-corrected chi connectivity index (χ2v) is 3.06. The maximum atomic E-state index is 12.0. The van der Waals surface area contributed by atoms with E-state index in [9.17, 15) is 18.0 Å². The summed E-state index contributed by atoms with van der Waals surface area (Å²) in [5, 5.41) is 3.05. The number of azide groups is 1. The van der Waals surface area contributed by atoms with Crippen LogP contribution in [-0.2, 0) is 9.53 Å². The second kappa shape index (κ2) is 7.56. The first kappa shape index (κ1) is 15.3. The van der Waals surface area contributed by atoms with Crippen molar-refractivity contribution in [2.75, 3.05) is 13.2 Å². The van der Waals surface area contributed by atoms with Gasteiger partial charge in [-0.25, -0.2) is 0 Å². The molecule has 8 heteroatoms. The third-order valence-electron chi connectivity index (χ3n) is 1.65. The Bertz CT molecular complexity index is 333. The summed E-state index contributed by atoms with van der Waals surface area (Å²) >= 11 is 0. The molecule has 0 atom stereocenters. The van der Waals surface area contributed by atoms with E-state index in [1.165, 1.54) is 0 Å². The number of ether oxygens (including phenoxy) is 1. The van der Waals surface area contributed by atoms with Gasteiger partial charge in [-0.1, -0.05) is 18.5 Å². The number of alkyl halides is 3. The Kier molecular flexibility index (Phi) is 6.81. The Morgan fingerprint density at radius 3 is 2.65 bits per heavy atom. The molecule has 0 aliphatic carbocycles. The fourth-order valence-electron chi connectivity index (χ4n) is 0.810. The van der Waals surface area contributed by atoms with Crippen LogP contribution in [0.25, 0.3) is 10.4 Å². The normalized spacial score (nSPS) is 11.9. The van der Waals surface area contributed by atoms with Gasteiger partial charge in [0.1, 0.15) is 5.76 Å². The number of halogens is 3. The molecule has 0 bridgehead atoms. The third kappa shape index (κ3) is 7.24. The van der Waals surface area contributed by atoms with Crippen molar-refractivity contribution < 1.29 is 22.7 Å². The Morgan fingerprint density at radius 2 is 2.18 bits per heavy atom. The fourth-order valence-corrected chi connectivity index (χ4v) is 0.810. The van der Waals surface area contributed by atoms with Gasteiger partial charge >= 0.3 is 6.18 Å². The van der Waals surface area contributed by atoms with E-state index in [0.29, 0.717) is 12.5 Å². The van der Waals surface area contributed by atoms with Gasteiger partial charge in [-0.2, -0.15) is 13.2 Å². The van der Waals surface area contributed by atoms with Gasteiger partial charge in [0.15, 0.2) is 0 Å². The molecule has 5 nitrogen and oxygen atoms in total. The SMILES string of the molecule is CCCCO/C(=C\C(=O)C(F)(F)F)CN=[N+]=[N-]. The molecule has 0 aromatic heterocycles. The van der Waals surface area contributed by atoms with Crippen molar-refractivity contribution in [3.8, 4) is 0 Å². The smallest absolute Gasteiger partial charge is 0.454 e. The molecule has 0 fully saturated rings. The summed E-state index contributed by atoms with van der Waals surface area (Å²) in [6.45, 7) is 1.64. The van der Waals surface area contributed by atoms with E-state index in [4.69, 9.17) is 10.3 Å². The second-order valence-electron chi connectivity index (χ2n) is 3.06. The number of hydrogen-bond donors (Lipinski definition) is 0. The fraction of sp³-hybridized carbons (Fsp3) is 0.667. The molecule has 96 valence electrons. The molecule has 0 heterocycles. The first-order valence-corrected chi connectivity index (χ1v) is 4.87. The minimum absolute atomic E-state index is 0.175. The van der Waals surface area contributed by atoms with E-state index < -0.39 is 18.5 Å². The average Bonchev–Trinajstić information content (AvgIpc) is 2.24. The lowest BCUT2D eigenvalue weighted by molar-refractivity contribution is -0.165. The van der Waals surface area contributed by atoms with Crippen LogP contribution in [0, 0.1) is 0 Å². The summed E-state index contributed by atoms with van der Waals surface area (Å²) in [4.78, 5) is 13.0. The number of hydrogen-bond acceptors (Lipinski definition) is 3. The summed E-state index contributed by atoms with van der Waals surface area (Å²) in [6, 6.07) is 0. The first-order chi connectivity index (χ1) is 7.91. The van der Waals surface area contributed by atoms with E-state index in [-0.39, 0.29) is 12.4 Å². The van der Waals surface area contributed by atoms with E-state index in [0.717, 1.165) is 6.42 Å². The van der Waals surface area contributed by atoms with Crippen molar-refractivity contribution in [2.45, 2.75) is 25.9 Å². The third-order valence-corrected chi connectivity index (χ3v) is 1.65. The highest BCUT2D eigenvalue weighted by Gasteiger charge is 2.36. The van der Waals surface area contributed by atoms with Crippen LogP contribution >= 0.6 is 0 Å². The zero-order valence-electron chi connectivity index (χ0n) is 9.20. The molecular formula is C9H12F3N3O2. The number of ketones is 1. The summed E-state index contributed by atoms with van der Waals surface area (Å²) in [5.41, 5.74) is 8.05. The lowest BCUT2D eigenvalue weighted by Crippen LogP contribution is -2.21. The topological polar surface area (TPSA) is 75.1 Å². The highest BCUT2D eigenvalue weighted by molar-refractivity contribution is 5.94. The quantitative estimate of drug-likeness (QED) is 0.174. The zero-order valence-corrected chi connectivity index (χ0v) is 9.20. The largest absolute Gasteiger partial charge is 0.498 e. The van der Waals surface area contributed by atoms with Crippen molar-refractivity contribution in [3.05, 3.63) is 22.3 Å². The maximum Gasteiger partial charge on any atom is 0.454 e. The van der Waals surface area contributed by atoms with Crippen LogP contribution in [0.5, 0.6) is 0 Å². The van der Waals surface area contributed by atoms with Crippen molar-refractivity contribution in [1.82, 2.24) is 0 Å². The molecule has 17 heavy (non-hydrogen) atoms. The molecule has 0 unspecified atom stereocenters. The van der Waals surface area contributed by atoms with Crippen LogP contribution in [0.1, 0.15) is 19.8 Å². The Morgan fingerprint density at radius 1 is 1.53 bits per heavy atom. The standard InChI is InChI=1S/C9H12F3N3O2/c1-2-3-4-17-7(6-14-15-13)5-8(16)9(10,11)12/h5H,2-4,6H2,1H3/b7-5-. The van der Waals surface area contributed by atoms with E-state index in [1.54, 1.807) is 0 Å². The number of rotatable bonds is 7. The summed E-state index contributed by atoms with van der Waals surface area (Å²) in [7, 11) is 0. The molecule has 0 aromatic carbocycles. The summed E-state index contributed by atoms with van der Waals surface area (Å²) in [6.07, 6.45) is -3.21. The van der Waals surface area contributed by atoms with Crippen molar-refractivity contribution >= 4 is 5.78 Å². The zero-order chi connectivity index (χ0) is 13.3. The Balaban J connectivity index is 4.60. The van der Waals surface area contributed by atoms with Crippen LogP contribution < -0.4 is 0 Å². The number of carbonyl (C=O) groups is 1. The maximum absolute atomic E-state index is 12.0. The van der Waals surface area contributed by atoms with Crippen molar-refractivity contribution in [2.24, 2.45) is 5.11 Å². The van der Waals surface area contributed by atoms with Gasteiger partial charge in [0, 0.05) is 11.0 Å². The van der Waals surface area contributed by atoms with Crippen LogP contribution in [0.15, 0.2) is 16.9 Å². The van der Waals surface area contributed by atoms with Crippen molar-refractivity contribution in [1.29, 1.82) is 0 Å². The van der Waals surface area contributed by atoms with Gasteiger partial charge in [0.2, 0.25) is 0 Å². The lowest BCUT2D eigenvalue weighted by Gasteiger charge is -2.08. The molecule has 0 radical (unpaired) electrons. The van der Waals surface area contributed by atoms with Gasteiger partial charge in [-0.15, -0.1) is 0 Å². The summed E-state index contributed by atoms with van der Waals surface area (Å²) < 4.78 is 40.8. The Labute approximate surface area is 95.9 Å². The van der Waals surface area contributed by atoms with Gasteiger partial charge in [-0.3, -0.25) is 4.79 Å². The van der Waals surface area contributed by atoms with Gasteiger partial charge < -0.3 is 4.74 Å². The van der Waals surface area contributed by atoms with Crippen LogP contribution in [0.3, 0.4) is 0 Å². The van der Waals surface area contributed by atoms with Gasteiger partial charge in [-0.05, 0) is 12.0 Å². The molecule has 0 aliphatic heterocycles. The minimum Gasteiger partial charge on any atom is -0.498 e. The predicted molar refractivity (Wildman–Crippen MR) is 54.0 cm³/mol. The monoisotopic (exact) mass is 251 g/mol. The average molecular weight is 251 g/mol. The van der Waals surface area contributed by atoms with Gasteiger partial charge in [0.05, 0.1) is 13.2 Å². The summed E-state index contributed by atoms with van der Waals surface area (Å²) in [5.74, 6) is -2.31. The molecule has 0 aliphatic rings. The molecule has 0 saturated carbocycles. The molecule has 0 amide bonds. The highest BCUT2D eigenvalue weighted by atomic mass is 19.4. The number of nitrogens with zero attached hydrogens (tertiary/aromatic N) is 3. The molecule has 0 spiro atoms. The lowest BCUT2D eigenvalue weighted by atomic mass is 10.3. The van der Waals surface area contributed by atoms with Crippen LogP contribution in [-0.4, -0.2) is 25.1 Å². The molecule has 0 rings (SSSR count).